The molecular formula is C4H8N2O3S. The molecule has 0 aliphatic rings. The molecule has 10 heavy (non-hydrogen) atoms. The fraction of sp³-hybridized carbons (Fsp3) is 0.500. The van der Waals surface area contributed by atoms with Gasteiger partial charge in [-0.3, -0.25) is 0 Å². The number of hydrogen-bond donors (Lipinski definition) is 4. The van der Waals surface area contributed by atoms with Gasteiger partial charge in [0, 0.05) is 5.75 Å². The number of nitrogens with two attached hydrogens (primary N) is 1. The number of aliphatic carboxylic acids is 1. The van der Waals surface area contributed by atoms with E-state index in [0.717, 1.165) is 0 Å². The second kappa shape index (κ2) is 3.99. The number of urea groups is 1. The Labute approximate surface area is 63.0 Å². The van der Waals surface area contributed by atoms with Crippen LogP contribution < -0.4 is 11.1 Å². The van der Waals surface area contributed by atoms with Gasteiger partial charge in [0.15, 0.2) is 0 Å². The predicted molar refractivity (Wildman–Crippen MR) is 38.0 cm³/mol. The predicted octanol–water partition coefficient (Wildman–Crippen LogP) is -0.962. The zero-order valence-corrected chi connectivity index (χ0v) is 5.97. The largest absolute Gasteiger partial charge is 0.480 e. The summed E-state index contributed by atoms with van der Waals surface area (Å²) in [6, 6.07) is -1.86. The van der Waals surface area contributed by atoms with Gasteiger partial charge in [0.2, 0.25) is 0 Å². The SMILES string of the molecule is NC(=O)NC(CS)C(=O)O. The van der Waals surface area contributed by atoms with E-state index in [-0.39, 0.29) is 5.75 Å². The minimum atomic E-state index is -1.14. The van der Waals surface area contributed by atoms with Gasteiger partial charge in [-0.25, -0.2) is 9.59 Å². The molecular weight excluding hydrogens is 156 g/mol. The Morgan fingerprint density at radius 2 is 2.20 bits per heavy atom. The third kappa shape index (κ3) is 3.18. The molecule has 6 heteroatoms. The van der Waals surface area contributed by atoms with Crippen LogP contribution >= 0.6 is 12.6 Å². The van der Waals surface area contributed by atoms with E-state index in [2.05, 4.69) is 18.4 Å². The normalized spacial score (nSPS) is 12.1. The van der Waals surface area contributed by atoms with E-state index in [0.29, 0.717) is 0 Å². The molecule has 0 aromatic heterocycles. The first-order chi connectivity index (χ1) is 4.57. The van der Waals surface area contributed by atoms with E-state index in [9.17, 15) is 9.59 Å². The van der Waals surface area contributed by atoms with E-state index in [1.807, 2.05) is 5.32 Å². The molecule has 58 valence electrons. The first-order valence-corrected chi connectivity index (χ1v) is 3.10. The molecule has 5 nitrogen and oxygen atoms in total. The first kappa shape index (κ1) is 9.09. The van der Waals surface area contributed by atoms with E-state index in [4.69, 9.17) is 5.11 Å². The molecule has 0 aliphatic heterocycles. The standard InChI is InChI=1S/C4H8N2O3S/c5-4(9)6-2(1-10)3(7)8/h2,10H,1H2,(H,7,8)(H3,5,6,9). The molecule has 1 atom stereocenters. The van der Waals surface area contributed by atoms with Gasteiger partial charge in [0.25, 0.3) is 0 Å². The van der Waals surface area contributed by atoms with Crippen molar-refractivity contribution < 1.29 is 14.7 Å². The summed E-state index contributed by atoms with van der Waals surface area (Å²) in [4.78, 5) is 20.2. The fourth-order valence-electron chi connectivity index (χ4n) is 0.357. The van der Waals surface area contributed by atoms with Crippen molar-refractivity contribution in [3.63, 3.8) is 0 Å². The van der Waals surface area contributed by atoms with E-state index in [1.165, 1.54) is 0 Å². The van der Waals surface area contributed by atoms with Crippen molar-refractivity contribution >= 4 is 24.6 Å². The van der Waals surface area contributed by atoms with Crippen LogP contribution in [0.15, 0.2) is 0 Å². The van der Waals surface area contributed by atoms with Crippen LogP contribution in [0, 0.1) is 0 Å². The number of carbonyl (C=O) groups excluding carboxylic acids is 1. The summed E-state index contributed by atoms with van der Waals surface area (Å²) >= 11 is 3.68. The number of carboxylic acid groups (broad SMARTS) is 1. The van der Waals surface area contributed by atoms with Gasteiger partial charge in [-0.15, -0.1) is 0 Å². The second-order valence-corrected chi connectivity index (χ2v) is 1.95. The molecule has 0 saturated carbocycles. The topological polar surface area (TPSA) is 92.4 Å². The van der Waals surface area contributed by atoms with Gasteiger partial charge in [0.1, 0.15) is 6.04 Å². The molecule has 0 heterocycles. The number of amides is 2. The van der Waals surface area contributed by atoms with E-state index in [1.54, 1.807) is 0 Å². The summed E-state index contributed by atoms with van der Waals surface area (Å²) in [5.74, 6) is -1.12. The smallest absolute Gasteiger partial charge is 0.327 e. The molecule has 0 aromatic carbocycles. The Balaban J connectivity index is 3.83. The Morgan fingerprint density at radius 1 is 1.70 bits per heavy atom. The van der Waals surface area contributed by atoms with Gasteiger partial charge in [-0.1, -0.05) is 0 Å². The molecule has 0 spiro atoms. The van der Waals surface area contributed by atoms with Crippen molar-refractivity contribution in [2.24, 2.45) is 5.73 Å². The summed E-state index contributed by atoms with van der Waals surface area (Å²) < 4.78 is 0. The molecule has 0 rings (SSSR count). The zero-order valence-electron chi connectivity index (χ0n) is 5.07. The van der Waals surface area contributed by atoms with Gasteiger partial charge < -0.3 is 16.2 Å². The lowest BCUT2D eigenvalue weighted by molar-refractivity contribution is -0.138. The van der Waals surface area contributed by atoms with Gasteiger partial charge in [-0.05, 0) is 0 Å². The lowest BCUT2D eigenvalue weighted by Crippen LogP contribution is -2.44. The van der Waals surface area contributed by atoms with Crippen LogP contribution in [0.4, 0.5) is 4.79 Å². The Hall–Kier alpha value is -0.910. The van der Waals surface area contributed by atoms with Crippen molar-refractivity contribution in [2.45, 2.75) is 6.04 Å². The highest BCUT2D eigenvalue weighted by molar-refractivity contribution is 7.80. The second-order valence-electron chi connectivity index (χ2n) is 1.58. The number of carbonyl (C=O) groups is 2. The Kier molecular flexibility index (Phi) is 3.63. The first-order valence-electron chi connectivity index (χ1n) is 2.47. The maximum Gasteiger partial charge on any atom is 0.327 e. The van der Waals surface area contributed by atoms with Gasteiger partial charge in [-0.2, -0.15) is 12.6 Å². The molecule has 0 bridgehead atoms. The number of rotatable bonds is 3. The quantitative estimate of drug-likeness (QED) is 0.405. The highest BCUT2D eigenvalue weighted by Gasteiger charge is 2.15. The van der Waals surface area contributed by atoms with Crippen molar-refractivity contribution in [1.29, 1.82) is 0 Å². The van der Waals surface area contributed by atoms with Crippen LogP contribution in [0.2, 0.25) is 0 Å². The summed E-state index contributed by atoms with van der Waals surface area (Å²) in [5, 5.41) is 10.3. The zero-order chi connectivity index (χ0) is 8.15. The molecule has 0 radical (unpaired) electrons. The molecule has 0 fully saturated rings. The number of nitrogens with one attached hydrogen (secondary N) is 1. The average molecular weight is 164 g/mol. The Morgan fingerprint density at radius 3 is 2.30 bits per heavy atom. The lowest BCUT2D eigenvalue weighted by atomic mass is 10.3. The minimum absolute atomic E-state index is 0.0261. The lowest BCUT2D eigenvalue weighted by Gasteiger charge is -2.07. The molecule has 4 N–H and O–H groups in total. The molecule has 1 unspecified atom stereocenters. The van der Waals surface area contributed by atoms with Crippen LogP contribution in [0.1, 0.15) is 0 Å². The van der Waals surface area contributed by atoms with Crippen LogP contribution in [-0.2, 0) is 4.79 Å². The maximum atomic E-state index is 10.1. The monoisotopic (exact) mass is 164 g/mol. The summed E-state index contributed by atoms with van der Waals surface area (Å²) in [5.41, 5.74) is 4.66. The minimum Gasteiger partial charge on any atom is -0.480 e. The third-order valence-electron chi connectivity index (χ3n) is 0.797. The maximum absolute atomic E-state index is 10.1. The molecule has 0 aliphatic carbocycles. The number of primary amides is 1. The molecule has 2 amide bonds. The fourth-order valence-corrected chi connectivity index (χ4v) is 0.605. The summed E-state index contributed by atoms with van der Waals surface area (Å²) in [7, 11) is 0. The van der Waals surface area contributed by atoms with E-state index < -0.39 is 18.0 Å². The van der Waals surface area contributed by atoms with Crippen molar-refractivity contribution in [1.82, 2.24) is 5.32 Å². The van der Waals surface area contributed by atoms with Gasteiger partial charge >= 0.3 is 12.0 Å². The summed E-state index contributed by atoms with van der Waals surface area (Å²) in [6.07, 6.45) is 0. The molecule has 0 saturated heterocycles. The highest BCUT2D eigenvalue weighted by atomic mass is 32.1. The van der Waals surface area contributed by atoms with Crippen molar-refractivity contribution in [3.05, 3.63) is 0 Å². The van der Waals surface area contributed by atoms with Crippen LogP contribution in [0.5, 0.6) is 0 Å². The van der Waals surface area contributed by atoms with Crippen LogP contribution in [-0.4, -0.2) is 28.9 Å². The molecule has 0 aromatic rings. The number of carboxylic acids is 1. The van der Waals surface area contributed by atoms with Crippen molar-refractivity contribution in [2.75, 3.05) is 5.75 Å². The van der Waals surface area contributed by atoms with Crippen LogP contribution in [0.3, 0.4) is 0 Å². The Bertz CT molecular complexity index is 149. The van der Waals surface area contributed by atoms with Crippen molar-refractivity contribution in [3.8, 4) is 0 Å². The van der Waals surface area contributed by atoms with Gasteiger partial charge in [0.05, 0.1) is 0 Å². The number of thiol groups is 1. The average Bonchev–Trinajstić information content (AvgIpc) is 1.81. The van der Waals surface area contributed by atoms with Crippen LogP contribution in [0.25, 0.3) is 0 Å². The number of hydrogen-bond acceptors (Lipinski definition) is 3. The summed E-state index contributed by atoms with van der Waals surface area (Å²) in [6.45, 7) is 0. The third-order valence-corrected chi connectivity index (χ3v) is 1.16. The highest BCUT2D eigenvalue weighted by Crippen LogP contribution is 1.86. The van der Waals surface area contributed by atoms with E-state index >= 15 is 0 Å².